The number of rotatable bonds is 3. The molecule has 0 amide bonds. The van der Waals surface area contributed by atoms with Gasteiger partial charge in [0.05, 0.1) is 6.61 Å². The molecule has 2 atom stereocenters. The number of epoxide rings is 1. The van der Waals surface area contributed by atoms with E-state index in [0.717, 1.165) is 5.56 Å². The molecule has 3 nitrogen and oxygen atoms in total. The van der Waals surface area contributed by atoms with Gasteiger partial charge in [-0.2, -0.15) is 0 Å². The molecule has 2 rings (SSSR count). The van der Waals surface area contributed by atoms with Crippen molar-refractivity contribution < 1.29 is 14.3 Å². The first kappa shape index (κ1) is 10.2. The second-order valence-electron chi connectivity index (χ2n) is 3.64. The summed E-state index contributed by atoms with van der Waals surface area (Å²) in [6.07, 6.45) is -0.504. The lowest BCUT2D eigenvalue weighted by atomic mass is 10.1. The molecule has 1 aliphatic rings. The van der Waals surface area contributed by atoms with Crippen molar-refractivity contribution in [3.05, 3.63) is 35.4 Å². The van der Waals surface area contributed by atoms with Crippen LogP contribution in [-0.2, 0) is 14.3 Å². The molecule has 1 aromatic rings. The van der Waals surface area contributed by atoms with Gasteiger partial charge in [0, 0.05) is 0 Å². The molecule has 1 aliphatic heterocycles. The van der Waals surface area contributed by atoms with Gasteiger partial charge in [-0.3, -0.25) is 0 Å². The van der Waals surface area contributed by atoms with Crippen molar-refractivity contribution >= 4 is 5.97 Å². The van der Waals surface area contributed by atoms with Gasteiger partial charge in [-0.25, -0.2) is 4.79 Å². The molecule has 1 saturated heterocycles. The summed E-state index contributed by atoms with van der Waals surface area (Å²) in [6, 6.07) is 7.99. The molecule has 0 N–H and O–H groups in total. The molecule has 0 bridgehead atoms. The zero-order chi connectivity index (χ0) is 10.8. The Balaban J connectivity index is 2.01. The Kier molecular flexibility index (Phi) is 2.73. The van der Waals surface area contributed by atoms with Gasteiger partial charge in [0.15, 0.2) is 6.10 Å². The molecule has 0 aromatic heterocycles. The van der Waals surface area contributed by atoms with E-state index in [4.69, 9.17) is 9.47 Å². The third-order valence-corrected chi connectivity index (χ3v) is 2.38. The van der Waals surface area contributed by atoms with Crippen LogP contribution < -0.4 is 0 Å². The van der Waals surface area contributed by atoms with Gasteiger partial charge in [0.2, 0.25) is 0 Å². The Morgan fingerprint density at radius 2 is 2.33 bits per heavy atom. The second kappa shape index (κ2) is 4.03. The number of aryl methyl sites for hydroxylation is 1. The maximum atomic E-state index is 11.3. The highest BCUT2D eigenvalue weighted by Gasteiger charge is 2.47. The summed E-state index contributed by atoms with van der Waals surface area (Å²) >= 11 is 0. The minimum absolute atomic E-state index is 0.107. The highest BCUT2D eigenvalue weighted by molar-refractivity contribution is 5.78. The molecular weight excluding hydrogens is 192 g/mol. The Morgan fingerprint density at radius 3 is 3.00 bits per heavy atom. The summed E-state index contributed by atoms with van der Waals surface area (Å²) in [6.45, 7) is 4.21. The van der Waals surface area contributed by atoms with Crippen LogP contribution in [0.1, 0.15) is 24.2 Å². The molecule has 2 unspecified atom stereocenters. The number of ether oxygens (including phenoxy) is 2. The van der Waals surface area contributed by atoms with Crippen molar-refractivity contribution in [1.29, 1.82) is 0 Å². The van der Waals surface area contributed by atoms with E-state index in [2.05, 4.69) is 0 Å². The summed E-state index contributed by atoms with van der Waals surface area (Å²) in [4.78, 5) is 11.3. The Hall–Kier alpha value is -1.35. The Labute approximate surface area is 89.0 Å². The lowest BCUT2D eigenvalue weighted by Crippen LogP contribution is -2.11. The number of hydrogen-bond acceptors (Lipinski definition) is 3. The number of carbonyl (C=O) groups excluding carboxylic acids is 1. The van der Waals surface area contributed by atoms with E-state index in [9.17, 15) is 4.79 Å². The normalized spacial score (nSPS) is 23.6. The van der Waals surface area contributed by atoms with Gasteiger partial charge in [-0.1, -0.05) is 29.8 Å². The molecule has 1 aromatic carbocycles. The van der Waals surface area contributed by atoms with E-state index < -0.39 is 6.10 Å². The third kappa shape index (κ3) is 2.18. The smallest absolute Gasteiger partial charge is 0.338 e. The SMILES string of the molecule is CCOC(=O)C1OC1c1cccc(C)c1. The number of hydrogen-bond donors (Lipinski definition) is 0. The van der Waals surface area contributed by atoms with Crippen LogP contribution in [0.5, 0.6) is 0 Å². The molecule has 1 fully saturated rings. The zero-order valence-electron chi connectivity index (χ0n) is 8.90. The summed E-state index contributed by atoms with van der Waals surface area (Å²) in [7, 11) is 0. The summed E-state index contributed by atoms with van der Waals surface area (Å²) in [5.41, 5.74) is 2.22. The van der Waals surface area contributed by atoms with E-state index >= 15 is 0 Å². The summed E-state index contributed by atoms with van der Waals surface area (Å²) in [5, 5.41) is 0. The fraction of sp³-hybridized carbons (Fsp3) is 0.417. The van der Waals surface area contributed by atoms with Gasteiger partial charge < -0.3 is 9.47 Å². The molecule has 80 valence electrons. The van der Waals surface area contributed by atoms with E-state index in [-0.39, 0.29) is 12.1 Å². The molecule has 0 spiro atoms. The molecule has 0 aliphatic carbocycles. The van der Waals surface area contributed by atoms with Crippen molar-refractivity contribution in [2.75, 3.05) is 6.61 Å². The Bertz CT molecular complexity index is 373. The topological polar surface area (TPSA) is 38.8 Å². The highest BCUT2D eigenvalue weighted by Crippen LogP contribution is 2.39. The molecule has 15 heavy (non-hydrogen) atoms. The first-order valence-corrected chi connectivity index (χ1v) is 5.11. The van der Waals surface area contributed by atoms with Crippen molar-refractivity contribution in [3.63, 3.8) is 0 Å². The molecular formula is C12H14O3. The van der Waals surface area contributed by atoms with Crippen LogP contribution in [0.2, 0.25) is 0 Å². The minimum atomic E-state index is -0.397. The van der Waals surface area contributed by atoms with Gasteiger partial charge >= 0.3 is 5.97 Å². The highest BCUT2D eigenvalue weighted by atomic mass is 16.6. The number of carbonyl (C=O) groups is 1. The fourth-order valence-corrected chi connectivity index (χ4v) is 1.62. The van der Waals surface area contributed by atoms with Crippen LogP contribution in [0, 0.1) is 6.92 Å². The first-order chi connectivity index (χ1) is 7.22. The Morgan fingerprint density at radius 1 is 1.53 bits per heavy atom. The van der Waals surface area contributed by atoms with Crippen molar-refractivity contribution in [3.8, 4) is 0 Å². The standard InChI is InChI=1S/C12H14O3/c1-3-14-12(13)11-10(15-11)9-6-4-5-8(2)7-9/h4-7,10-11H,3H2,1-2H3. The van der Waals surface area contributed by atoms with Crippen LogP contribution in [0.15, 0.2) is 24.3 Å². The zero-order valence-corrected chi connectivity index (χ0v) is 8.90. The van der Waals surface area contributed by atoms with E-state index in [1.165, 1.54) is 5.56 Å². The van der Waals surface area contributed by atoms with Crippen LogP contribution >= 0.6 is 0 Å². The van der Waals surface area contributed by atoms with Crippen LogP contribution in [-0.4, -0.2) is 18.7 Å². The predicted octanol–water partition coefficient (Wildman–Crippen LogP) is 2.00. The van der Waals surface area contributed by atoms with Gasteiger partial charge in [0.25, 0.3) is 0 Å². The second-order valence-corrected chi connectivity index (χ2v) is 3.64. The van der Waals surface area contributed by atoms with Gasteiger partial charge in [-0.05, 0) is 19.4 Å². The third-order valence-electron chi connectivity index (χ3n) is 2.38. The lowest BCUT2D eigenvalue weighted by Gasteiger charge is -1.98. The number of benzene rings is 1. The average molecular weight is 206 g/mol. The average Bonchev–Trinajstić information content (AvgIpc) is 2.97. The predicted molar refractivity (Wildman–Crippen MR) is 55.4 cm³/mol. The largest absolute Gasteiger partial charge is 0.464 e. The van der Waals surface area contributed by atoms with Gasteiger partial charge in [0.1, 0.15) is 6.10 Å². The molecule has 0 radical (unpaired) electrons. The molecule has 0 saturated carbocycles. The van der Waals surface area contributed by atoms with E-state index in [0.29, 0.717) is 6.61 Å². The van der Waals surface area contributed by atoms with Crippen LogP contribution in [0.25, 0.3) is 0 Å². The monoisotopic (exact) mass is 206 g/mol. The van der Waals surface area contributed by atoms with Crippen molar-refractivity contribution in [1.82, 2.24) is 0 Å². The minimum Gasteiger partial charge on any atom is -0.464 e. The van der Waals surface area contributed by atoms with Crippen LogP contribution in [0.4, 0.5) is 0 Å². The van der Waals surface area contributed by atoms with Gasteiger partial charge in [-0.15, -0.1) is 0 Å². The quantitative estimate of drug-likeness (QED) is 0.561. The van der Waals surface area contributed by atoms with E-state index in [1.54, 1.807) is 6.92 Å². The molecule has 3 heteroatoms. The maximum absolute atomic E-state index is 11.3. The molecule has 1 heterocycles. The number of esters is 1. The maximum Gasteiger partial charge on any atom is 0.338 e. The van der Waals surface area contributed by atoms with Crippen molar-refractivity contribution in [2.45, 2.75) is 26.1 Å². The summed E-state index contributed by atoms with van der Waals surface area (Å²) < 4.78 is 10.2. The fourth-order valence-electron chi connectivity index (χ4n) is 1.62. The van der Waals surface area contributed by atoms with Crippen LogP contribution in [0.3, 0.4) is 0 Å². The van der Waals surface area contributed by atoms with E-state index in [1.807, 2.05) is 31.2 Å². The lowest BCUT2D eigenvalue weighted by molar-refractivity contribution is -0.144. The first-order valence-electron chi connectivity index (χ1n) is 5.11. The summed E-state index contributed by atoms with van der Waals surface area (Å²) in [5.74, 6) is -0.260. The van der Waals surface area contributed by atoms with Crippen molar-refractivity contribution in [2.24, 2.45) is 0 Å².